The van der Waals surface area contributed by atoms with Crippen molar-refractivity contribution in [2.75, 3.05) is 0 Å². The monoisotopic (exact) mass is 172 g/mol. The number of rotatable bonds is 4. The van der Waals surface area contributed by atoms with Crippen LogP contribution in [0, 0.1) is 0 Å². The second-order valence-corrected chi connectivity index (χ2v) is 3.24. The minimum Gasteiger partial charge on any atom is -0.103 e. The molecule has 0 N–H and O–H groups in total. The van der Waals surface area contributed by atoms with Gasteiger partial charge >= 0.3 is 0 Å². The van der Waals surface area contributed by atoms with E-state index in [1.165, 1.54) is 11.1 Å². The van der Waals surface area contributed by atoms with E-state index in [9.17, 15) is 0 Å². The molecule has 0 atom stereocenters. The minimum absolute atomic E-state index is 0.971. The quantitative estimate of drug-likeness (QED) is 0.607. The molecule has 0 spiro atoms. The fourth-order valence-electron chi connectivity index (χ4n) is 1.27. The number of allylic oxidation sites excluding steroid dienone is 3. The summed E-state index contributed by atoms with van der Waals surface area (Å²) >= 11 is 0. The molecule has 0 aliphatic rings. The fourth-order valence-corrected chi connectivity index (χ4v) is 1.27. The Labute approximate surface area is 80.6 Å². The van der Waals surface area contributed by atoms with Crippen LogP contribution in [0.4, 0.5) is 0 Å². The summed E-state index contributed by atoms with van der Waals surface area (Å²) in [5.74, 6) is 0. The van der Waals surface area contributed by atoms with Gasteiger partial charge in [0.05, 0.1) is 0 Å². The minimum atomic E-state index is 0.971. The Bertz CT molecular complexity index is 280. The van der Waals surface area contributed by atoms with Crippen LogP contribution in [0.1, 0.15) is 18.9 Å². The average molecular weight is 172 g/mol. The molecular weight excluding hydrogens is 156 g/mol. The van der Waals surface area contributed by atoms with Crippen LogP contribution < -0.4 is 0 Å². The first-order valence-electron chi connectivity index (χ1n) is 4.63. The Morgan fingerprint density at radius 2 is 2.00 bits per heavy atom. The third-order valence-corrected chi connectivity index (χ3v) is 1.96. The van der Waals surface area contributed by atoms with Gasteiger partial charge in [0.25, 0.3) is 0 Å². The largest absolute Gasteiger partial charge is 0.103 e. The highest BCUT2D eigenvalue weighted by Crippen LogP contribution is 2.07. The van der Waals surface area contributed by atoms with E-state index in [1.54, 1.807) is 0 Å². The molecule has 0 unspecified atom stereocenters. The maximum atomic E-state index is 3.70. The Balaban J connectivity index is 2.54. The topological polar surface area (TPSA) is 0 Å². The molecule has 0 saturated heterocycles. The van der Waals surface area contributed by atoms with Crippen molar-refractivity contribution >= 4 is 0 Å². The van der Waals surface area contributed by atoms with Crippen LogP contribution >= 0.6 is 0 Å². The molecule has 68 valence electrons. The van der Waals surface area contributed by atoms with Gasteiger partial charge in [0.15, 0.2) is 0 Å². The van der Waals surface area contributed by atoms with E-state index >= 15 is 0 Å². The van der Waals surface area contributed by atoms with Gasteiger partial charge in [-0.2, -0.15) is 0 Å². The number of benzene rings is 1. The molecule has 0 radical (unpaired) electrons. The van der Waals surface area contributed by atoms with Gasteiger partial charge in [-0.05, 0) is 25.3 Å². The van der Waals surface area contributed by atoms with Crippen molar-refractivity contribution in [1.82, 2.24) is 0 Å². The van der Waals surface area contributed by atoms with Gasteiger partial charge in [-0.3, -0.25) is 0 Å². The van der Waals surface area contributed by atoms with E-state index in [-0.39, 0.29) is 0 Å². The van der Waals surface area contributed by atoms with Crippen LogP contribution in [0.15, 0.2) is 54.6 Å². The first-order chi connectivity index (χ1) is 6.33. The highest BCUT2D eigenvalue weighted by atomic mass is 14.0. The van der Waals surface area contributed by atoms with Gasteiger partial charge in [0.1, 0.15) is 0 Å². The van der Waals surface area contributed by atoms with Gasteiger partial charge in [0, 0.05) is 0 Å². The summed E-state index contributed by atoms with van der Waals surface area (Å²) < 4.78 is 0. The molecule has 0 nitrogen and oxygen atoms in total. The Morgan fingerprint density at radius 3 is 2.62 bits per heavy atom. The molecule has 1 rings (SSSR count). The van der Waals surface area contributed by atoms with Gasteiger partial charge in [-0.1, -0.05) is 48.1 Å². The molecule has 1 aromatic carbocycles. The zero-order chi connectivity index (χ0) is 9.52. The summed E-state index contributed by atoms with van der Waals surface area (Å²) in [4.78, 5) is 0. The lowest BCUT2D eigenvalue weighted by Gasteiger charge is -2.00. The SMILES string of the molecule is C=CC/C=C(/C)Cc1ccccc1. The van der Waals surface area contributed by atoms with Crippen molar-refractivity contribution < 1.29 is 0 Å². The molecule has 0 amide bonds. The molecule has 0 aliphatic carbocycles. The van der Waals surface area contributed by atoms with E-state index in [0.29, 0.717) is 0 Å². The lowest BCUT2D eigenvalue weighted by molar-refractivity contribution is 1.12. The average Bonchev–Trinajstić information content (AvgIpc) is 2.16. The molecule has 0 aromatic heterocycles. The lowest BCUT2D eigenvalue weighted by atomic mass is 10.1. The third-order valence-electron chi connectivity index (χ3n) is 1.96. The van der Waals surface area contributed by atoms with Crippen molar-refractivity contribution in [2.45, 2.75) is 19.8 Å². The summed E-state index contributed by atoms with van der Waals surface area (Å²) in [5.41, 5.74) is 2.78. The van der Waals surface area contributed by atoms with Gasteiger partial charge in [0.2, 0.25) is 0 Å². The van der Waals surface area contributed by atoms with Crippen LogP contribution in [0.5, 0.6) is 0 Å². The van der Waals surface area contributed by atoms with E-state index in [0.717, 1.165) is 12.8 Å². The lowest BCUT2D eigenvalue weighted by Crippen LogP contribution is -1.85. The zero-order valence-electron chi connectivity index (χ0n) is 8.16. The summed E-state index contributed by atoms with van der Waals surface area (Å²) in [7, 11) is 0. The van der Waals surface area contributed by atoms with Crippen molar-refractivity contribution in [3.05, 3.63) is 60.2 Å². The zero-order valence-corrected chi connectivity index (χ0v) is 8.16. The second kappa shape index (κ2) is 5.36. The molecule has 0 saturated carbocycles. The standard InChI is InChI=1S/C13H16/c1-3-4-8-12(2)11-13-9-6-5-7-10-13/h3,5-10H,1,4,11H2,2H3/b12-8-. The maximum absolute atomic E-state index is 3.70. The Morgan fingerprint density at radius 1 is 1.31 bits per heavy atom. The maximum Gasteiger partial charge on any atom is -0.00698 e. The van der Waals surface area contributed by atoms with Gasteiger partial charge in [-0.15, -0.1) is 6.58 Å². The Hall–Kier alpha value is -1.30. The molecule has 0 heterocycles. The van der Waals surface area contributed by atoms with E-state index in [1.807, 2.05) is 12.1 Å². The van der Waals surface area contributed by atoms with Crippen LogP contribution in [0.3, 0.4) is 0 Å². The Kier molecular flexibility index (Phi) is 4.04. The highest BCUT2D eigenvalue weighted by molar-refractivity contribution is 5.21. The molecule has 0 aliphatic heterocycles. The molecule has 0 heteroatoms. The van der Waals surface area contributed by atoms with E-state index in [4.69, 9.17) is 0 Å². The molecule has 0 bridgehead atoms. The van der Waals surface area contributed by atoms with Crippen molar-refractivity contribution in [3.63, 3.8) is 0 Å². The third kappa shape index (κ3) is 3.75. The van der Waals surface area contributed by atoms with Crippen LogP contribution in [0.25, 0.3) is 0 Å². The predicted octanol–water partition coefficient (Wildman–Crippen LogP) is 3.75. The van der Waals surface area contributed by atoms with Gasteiger partial charge in [-0.25, -0.2) is 0 Å². The second-order valence-electron chi connectivity index (χ2n) is 3.24. The number of hydrogen-bond donors (Lipinski definition) is 0. The summed E-state index contributed by atoms with van der Waals surface area (Å²) in [6.45, 7) is 5.86. The van der Waals surface area contributed by atoms with Crippen LogP contribution in [-0.2, 0) is 6.42 Å². The smallest absolute Gasteiger partial charge is 0.00698 e. The molecule has 1 aromatic rings. The predicted molar refractivity (Wildman–Crippen MR) is 58.7 cm³/mol. The van der Waals surface area contributed by atoms with Crippen LogP contribution in [0.2, 0.25) is 0 Å². The summed E-state index contributed by atoms with van der Waals surface area (Å²) in [6, 6.07) is 10.5. The first-order valence-corrected chi connectivity index (χ1v) is 4.63. The highest BCUT2D eigenvalue weighted by Gasteiger charge is 1.91. The summed E-state index contributed by atoms with van der Waals surface area (Å²) in [6.07, 6.45) is 6.17. The fraction of sp³-hybridized carbons (Fsp3) is 0.231. The normalized spacial score (nSPS) is 11.3. The molecule has 13 heavy (non-hydrogen) atoms. The van der Waals surface area contributed by atoms with Gasteiger partial charge < -0.3 is 0 Å². The van der Waals surface area contributed by atoms with E-state index in [2.05, 4.69) is 43.8 Å². The first kappa shape index (κ1) is 9.79. The van der Waals surface area contributed by atoms with Crippen molar-refractivity contribution in [2.24, 2.45) is 0 Å². The van der Waals surface area contributed by atoms with Crippen molar-refractivity contribution in [1.29, 1.82) is 0 Å². The molecule has 0 fully saturated rings. The van der Waals surface area contributed by atoms with Crippen LogP contribution in [-0.4, -0.2) is 0 Å². The van der Waals surface area contributed by atoms with Crippen molar-refractivity contribution in [3.8, 4) is 0 Å². The molecular formula is C13H16. The van der Waals surface area contributed by atoms with E-state index < -0.39 is 0 Å². The summed E-state index contributed by atoms with van der Waals surface area (Å²) in [5, 5.41) is 0. The number of hydrogen-bond acceptors (Lipinski definition) is 0.